The smallest absolute Gasteiger partial charge is 0.332 e. The zero-order valence-corrected chi connectivity index (χ0v) is 15.9. The number of carbonyl (C=O) groups excluding carboxylic acids is 3. The van der Waals surface area contributed by atoms with Crippen molar-refractivity contribution in [1.82, 2.24) is 5.32 Å². The summed E-state index contributed by atoms with van der Waals surface area (Å²) in [5, 5.41) is 5.51. The molecule has 148 valence electrons. The standard InChI is InChI=1S/C21H24N2O5/c1-3-27-14-20(25)28-13-19(24)23-18-12-8-7-11-17(18)21(26)22-15(2)16-9-5-4-6-10-16/h4-12,15H,3,13-14H2,1-2H3,(H,22,26)(H,23,24)/t15-/m0/s1. The van der Waals surface area contributed by atoms with Crippen LogP contribution in [-0.2, 0) is 19.1 Å². The van der Waals surface area contributed by atoms with Crippen LogP contribution in [0.5, 0.6) is 0 Å². The quantitative estimate of drug-likeness (QED) is 0.649. The molecule has 0 spiro atoms. The number of para-hydroxylation sites is 1. The van der Waals surface area contributed by atoms with Crippen molar-refractivity contribution in [2.45, 2.75) is 19.9 Å². The number of amides is 2. The number of rotatable bonds is 9. The SMILES string of the molecule is CCOCC(=O)OCC(=O)Nc1ccccc1C(=O)N[C@@H](C)c1ccccc1. The molecule has 0 heterocycles. The molecule has 1 atom stereocenters. The predicted molar refractivity (Wildman–Crippen MR) is 105 cm³/mol. The Morgan fingerprint density at radius 2 is 1.64 bits per heavy atom. The van der Waals surface area contributed by atoms with E-state index in [4.69, 9.17) is 9.47 Å². The number of hydrogen-bond donors (Lipinski definition) is 2. The number of benzene rings is 2. The van der Waals surface area contributed by atoms with Gasteiger partial charge in [-0.2, -0.15) is 0 Å². The van der Waals surface area contributed by atoms with E-state index in [9.17, 15) is 14.4 Å². The maximum atomic E-state index is 12.7. The van der Waals surface area contributed by atoms with Gasteiger partial charge in [0.25, 0.3) is 11.8 Å². The monoisotopic (exact) mass is 384 g/mol. The minimum Gasteiger partial charge on any atom is -0.454 e. The molecule has 28 heavy (non-hydrogen) atoms. The van der Waals surface area contributed by atoms with Crippen LogP contribution in [0.3, 0.4) is 0 Å². The highest BCUT2D eigenvalue weighted by Gasteiger charge is 2.16. The van der Waals surface area contributed by atoms with Gasteiger partial charge in [0.05, 0.1) is 17.3 Å². The second kappa shape index (κ2) is 10.8. The third-order valence-corrected chi connectivity index (χ3v) is 3.88. The molecular formula is C21H24N2O5. The average Bonchev–Trinajstić information content (AvgIpc) is 2.71. The fraction of sp³-hybridized carbons (Fsp3) is 0.286. The van der Waals surface area contributed by atoms with Gasteiger partial charge in [0.15, 0.2) is 6.61 Å². The third-order valence-electron chi connectivity index (χ3n) is 3.88. The van der Waals surface area contributed by atoms with Gasteiger partial charge in [-0.05, 0) is 31.5 Å². The maximum Gasteiger partial charge on any atom is 0.332 e. The molecule has 0 unspecified atom stereocenters. The predicted octanol–water partition coefficient (Wildman–Crippen LogP) is 2.70. The number of esters is 1. The van der Waals surface area contributed by atoms with E-state index in [0.717, 1.165) is 5.56 Å². The van der Waals surface area contributed by atoms with Gasteiger partial charge >= 0.3 is 5.97 Å². The molecule has 2 N–H and O–H groups in total. The molecule has 0 aliphatic rings. The lowest BCUT2D eigenvalue weighted by atomic mass is 10.1. The molecular weight excluding hydrogens is 360 g/mol. The van der Waals surface area contributed by atoms with Crippen molar-refractivity contribution in [3.05, 3.63) is 65.7 Å². The second-order valence-electron chi connectivity index (χ2n) is 6.00. The zero-order chi connectivity index (χ0) is 20.4. The van der Waals surface area contributed by atoms with Crippen LogP contribution in [0, 0.1) is 0 Å². The summed E-state index contributed by atoms with van der Waals surface area (Å²) in [5.41, 5.74) is 1.63. The molecule has 2 rings (SSSR count). The van der Waals surface area contributed by atoms with E-state index in [2.05, 4.69) is 10.6 Å². The highest BCUT2D eigenvalue weighted by molar-refractivity contribution is 6.04. The fourth-order valence-corrected chi connectivity index (χ4v) is 2.45. The fourth-order valence-electron chi connectivity index (χ4n) is 2.45. The first-order valence-electron chi connectivity index (χ1n) is 8.99. The van der Waals surface area contributed by atoms with Gasteiger partial charge in [-0.3, -0.25) is 9.59 Å². The molecule has 0 aliphatic heterocycles. The van der Waals surface area contributed by atoms with Gasteiger partial charge in [0.1, 0.15) is 6.61 Å². The molecule has 7 heteroatoms. The van der Waals surface area contributed by atoms with Gasteiger partial charge < -0.3 is 20.1 Å². The largest absolute Gasteiger partial charge is 0.454 e. The van der Waals surface area contributed by atoms with Crippen LogP contribution < -0.4 is 10.6 Å². The number of hydrogen-bond acceptors (Lipinski definition) is 5. The van der Waals surface area contributed by atoms with E-state index < -0.39 is 18.5 Å². The summed E-state index contributed by atoms with van der Waals surface area (Å²) < 4.78 is 9.73. The van der Waals surface area contributed by atoms with Crippen LogP contribution in [0.4, 0.5) is 5.69 Å². The molecule has 2 aromatic carbocycles. The van der Waals surface area contributed by atoms with Gasteiger partial charge in [-0.15, -0.1) is 0 Å². The number of ether oxygens (including phenoxy) is 2. The van der Waals surface area contributed by atoms with Crippen molar-refractivity contribution < 1.29 is 23.9 Å². The van der Waals surface area contributed by atoms with E-state index in [1.54, 1.807) is 31.2 Å². The third kappa shape index (κ3) is 6.51. The molecule has 2 amide bonds. The van der Waals surface area contributed by atoms with Crippen LogP contribution in [-0.4, -0.2) is 37.6 Å². The van der Waals surface area contributed by atoms with Crippen molar-refractivity contribution in [3.8, 4) is 0 Å². The molecule has 0 fully saturated rings. The highest BCUT2D eigenvalue weighted by Crippen LogP contribution is 2.18. The van der Waals surface area contributed by atoms with Crippen molar-refractivity contribution in [2.75, 3.05) is 25.1 Å². The molecule has 0 aliphatic carbocycles. The van der Waals surface area contributed by atoms with E-state index in [-0.39, 0.29) is 18.6 Å². The van der Waals surface area contributed by atoms with Crippen LogP contribution >= 0.6 is 0 Å². The van der Waals surface area contributed by atoms with Gasteiger partial charge in [-0.25, -0.2) is 4.79 Å². The minimum absolute atomic E-state index is 0.197. The molecule has 0 radical (unpaired) electrons. The minimum atomic E-state index is -0.625. The Bertz CT molecular complexity index is 807. The Hall–Kier alpha value is -3.19. The van der Waals surface area contributed by atoms with Crippen LogP contribution in [0.15, 0.2) is 54.6 Å². The first kappa shape index (κ1) is 21.1. The summed E-state index contributed by atoms with van der Waals surface area (Å²) >= 11 is 0. The lowest BCUT2D eigenvalue weighted by Crippen LogP contribution is -2.28. The van der Waals surface area contributed by atoms with E-state index in [1.165, 1.54) is 0 Å². The van der Waals surface area contributed by atoms with Crippen molar-refractivity contribution in [3.63, 3.8) is 0 Å². The summed E-state index contributed by atoms with van der Waals surface area (Å²) in [6.45, 7) is 3.35. The average molecular weight is 384 g/mol. The maximum absolute atomic E-state index is 12.7. The summed E-state index contributed by atoms with van der Waals surface area (Å²) in [7, 11) is 0. The highest BCUT2D eigenvalue weighted by atomic mass is 16.6. The molecule has 0 saturated heterocycles. The molecule has 0 bridgehead atoms. The van der Waals surface area contributed by atoms with Crippen molar-refractivity contribution in [1.29, 1.82) is 0 Å². The van der Waals surface area contributed by atoms with E-state index in [1.807, 2.05) is 37.3 Å². The van der Waals surface area contributed by atoms with E-state index >= 15 is 0 Å². The number of nitrogens with one attached hydrogen (secondary N) is 2. The summed E-state index contributed by atoms with van der Waals surface area (Å²) in [6, 6.07) is 16.0. The normalized spacial score (nSPS) is 11.4. The summed E-state index contributed by atoms with van der Waals surface area (Å²) in [4.78, 5) is 36.1. The first-order valence-corrected chi connectivity index (χ1v) is 8.99. The Labute approximate surface area is 164 Å². The Kier molecular flexibility index (Phi) is 8.17. The summed E-state index contributed by atoms with van der Waals surface area (Å²) in [5.74, 6) is -1.48. The summed E-state index contributed by atoms with van der Waals surface area (Å²) in [6.07, 6.45) is 0. The van der Waals surface area contributed by atoms with Gasteiger partial charge in [0, 0.05) is 6.61 Å². The first-order chi connectivity index (χ1) is 13.5. The lowest BCUT2D eigenvalue weighted by molar-refractivity contribution is -0.151. The topological polar surface area (TPSA) is 93.7 Å². The number of anilines is 1. The Morgan fingerprint density at radius 3 is 2.36 bits per heavy atom. The molecule has 0 saturated carbocycles. The molecule has 7 nitrogen and oxygen atoms in total. The molecule has 2 aromatic rings. The van der Waals surface area contributed by atoms with Gasteiger partial charge in [0.2, 0.25) is 0 Å². The Morgan fingerprint density at radius 1 is 0.964 bits per heavy atom. The second-order valence-corrected chi connectivity index (χ2v) is 6.00. The lowest BCUT2D eigenvalue weighted by Gasteiger charge is -2.16. The van der Waals surface area contributed by atoms with E-state index in [0.29, 0.717) is 17.9 Å². The van der Waals surface area contributed by atoms with Crippen LogP contribution in [0.25, 0.3) is 0 Å². The van der Waals surface area contributed by atoms with Gasteiger partial charge in [-0.1, -0.05) is 42.5 Å². The van der Waals surface area contributed by atoms with Crippen LogP contribution in [0.1, 0.15) is 35.8 Å². The van der Waals surface area contributed by atoms with Crippen LogP contribution in [0.2, 0.25) is 0 Å². The van der Waals surface area contributed by atoms with Crippen molar-refractivity contribution in [2.24, 2.45) is 0 Å². The zero-order valence-electron chi connectivity index (χ0n) is 15.9. The van der Waals surface area contributed by atoms with Crippen molar-refractivity contribution >= 4 is 23.5 Å². The number of carbonyl (C=O) groups is 3. The molecule has 0 aromatic heterocycles. The Balaban J connectivity index is 1.97.